The van der Waals surface area contributed by atoms with E-state index in [-0.39, 0.29) is 17.3 Å². The van der Waals surface area contributed by atoms with Gasteiger partial charge in [0.15, 0.2) is 0 Å². The summed E-state index contributed by atoms with van der Waals surface area (Å²) >= 11 is 0. The van der Waals surface area contributed by atoms with Crippen LogP contribution in [0.5, 0.6) is 0 Å². The molecule has 27 heavy (non-hydrogen) atoms. The Balaban J connectivity index is 1.43. The van der Waals surface area contributed by atoms with E-state index in [4.69, 9.17) is 4.74 Å². The van der Waals surface area contributed by atoms with Crippen LogP contribution in [-0.2, 0) is 21.3 Å². The molecule has 150 valence electrons. The lowest BCUT2D eigenvalue weighted by molar-refractivity contribution is 0.0969. The van der Waals surface area contributed by atoms with Crippen LogP contribution in [0.25, 0.3) is 0 Å². The zero-order valence-electron chi connectivity index (χ0n) is 15.7. The Bertz CT molecular complexity index is 741. The van der Waals surface area contributed by atoms with E-state index in [9.17, 15) is 13.2 Å². The van der Waals surface area contributed by atoms with E-state index in [1.54, 1.807) is 10.5 Å². The van der Waals surface area contributed by atoms with Crippen molar-refractivity contribution in [3.05, 3.63) is 29.6 Å². The molecule has 2 amide bonds. The Morgan fingerprint density at radius 3 is 2.63 bits per heavy atom. The van der Waals surface area contributed by atoms with Gasteiger partial charge in [-0.25, -0.2) is 17.5 Å². The third kappa shape index (κ3) is 5.18. The van der Waals surface area contributed by atoms with E-state index in [0.29, 0.717) is 58.5 Å². The fourth-order valence-corrected chi connectivity index (χ4v) is 5.49. The molecule has 3 heterocycles. The highest BCUT2D eigenvalue weighted by Gasteiger charge is 2.35. The number of piperidine rings is 1. The summed E-state index contributed by atoms with van der Waals surface area (Å²) in [5.74, 6) is 0. The van der Waals surface area contributed by atoms with Gasteiger partial charge in [0.2, 0.25) is 10.0 Å². The highest BCUT2D eigenvalue weighted by atomic mass is 32.2. The van der Waals surface area contributed by atoms with Crippen molar-refractivity contribution in [1.82, 2.24) is 19.9 Å². The zero-order chi connectivity index (χ0) is 19.3. The van der Waals surface area contributed by atoms with Crippen molar-refractivity contribution < 1.29 is 17.9 Å². The van der Waals surface area contributed by atoms with Gasteiger partial charge in [0, 0.05) is 50.8 Å². The fourth-order valence-electron chi connectivity index (χ4n) is 3.56. The Labute approximate surface area is 160 Å². The second-order valence-electron chi connectivity index (χ2n) is 7.10. The average molecular weight is 397 g/mol. The van der Waals surface area contributed by atoms with Crippen LogP contribution < -0.4 is 10.6 Å². The first-order chi connectivity index (χ1) is 13.0. The number of nitrogens with one attached hydrogen (secondary N) is 2. The molecular weight excluding hydrogens is 368 g/mol. The first-order valence-electron chi connectivity index (χ1n) is 9.48. The van der Waals surface area contributed by atoms with E-state index in [0.717, 1.165) is 11.3 Å². The summed E-state index contributed by atoms with van der Waals surface area (Å²) in [6, 6.07) is 3.53. The standard InChI is InChI=1S/C18H28N4O4S/c1-14-15(3-2-8-19-14)13-20-18(23)21-16-4-9-22(10-5-16)27(24,25)17-6-11-26-12-7-17/h2-3,8,16-17H,4-7,9-13H2,1H3,(H2,20,21,23). The number of aromatic nitrogens is 1. The number of hydrogen-bond acceptors (Lipinski definition) is 5. The van der Waals surface area contributed by atoms with Crippen LogP contribution in [-0.4, -0.2) is 61.3 Å². The number of aryl methyl sites for hydroxylation is 1. The predicted octanol–water partition coefficient (Wildman–Crippen LogP) is 1.16. The number of ether oxygens (including phenoxy) is 1. The second-order valence-corrected chi connectivity index (χ2v) is 9.32. The molecule has 0 radical (unpaired) electrons. The number of amides is 2. The number of pyridine rings is 1. The Kier molecular flexibility index (Phi) is 6.67. The van der Waals surface area contributed by atoms with Crippen LogP contribution in [0.15, 0.2) is 18.3 Å². The first-order valence-corrected chi connectivity index (χ1v) is 11.0. The molecule has 3 rings (SSSR count). The molecule has 1 aromatic rings. The molecule has 0 aromatic carbocycles. The van der Waals surface area contributed by atoms with Gasteiger partial charge >= 0.3 is 6.03 Å². The summed E-state index contributed by atoms with van der Waals surface area (Å²) in [6.07, 6.45) is 4.11. The molecule has 0 aliphatic carbocycles. The highest BCUT2D eigenvalue weighted by molar-refractivity contribution is 7.89. The van der Waals surface area contributed by atoms with Crippen LogP contribution in [0.3, 0.4) is 0 Å². The monoisotopic (exact) mass is 396 g/mol. The Hall–Kier alpha value is -1.71. The Morgan fingerprint density at radius 1 is 1.26 bits per heavy atom. The van der Waals surface area contributed by atoms with Gasteiger partial charge in [-0.2, -0.15) is 0 Å². The topological polar surface area (TPSA) is 101 Å². The van der Waals surface area contributed by atoms with E-state index < -0.39 is 10.0 Å². The number of hydrogen-bond donors (Lipinski definition) is 2. The summed E-state index contributed by atoms with van der Waals surface area (Å²) in [5, 5.41) is 5.46. The van der Waals surface area contributed by atoms with Gasteiger partial charge in [-0.3, -0.25) is 4.98 Å². The Morgan fingerprint density at radius 2 is 1.96 bits per heavy atom. The number of urea groups is 1. The highest BCUT2D eigenvalue weighted by Crippen LogP contribution is 2.23. The molecule has 2 aliphatic heterocycles. The van der Waals surface area contributed by atoms with Gasteiger partial charge in [-0.15, -0.1) is 0 Å². The third-order valence-electron chi connectivity index (χ3n) is 5.29. The normalized spacial score (nSPS) is 20.3. The number of sulfonamides is 1. The molecule has 1 aromatic heterocycles. The summed E-state index contributed by atoms with van der Waals surface area (Å²) < 4.78 is 32.3. The van der Waals surface area contributed by atoms with Crippen LogP contribution in [0, 0.1) is 6.92 Å². The first kappa shape index (κ1) is 20.0. The SMILES string of the molecule is Cc1ncccc1CNC(=O)NC1CCN(S(=O)(=O)C2CCOCC2)CC1. The van der Waals surface area contributed by atoms with Crippen molar-refractivity contribution in [3.63, 3.8) is 0 Å². The van der Waals surface area contributed by atoms with E-state index >= 15 is 0 Å². The lowest BCUT2D eigenvalue weighted by Crippen LogP contribution is -2.51. The van der Waals surface area contributed by atoms with Crippen LogP contribution in [0.2, 0.25) is 0 Å². The molecule has 9 heteroatoms. The van der Waals surface area contributed by atoms with Crippen molar-refractivity contribution in [2.45, 2.75) is 50.4 Å². The largest absolute Gasteiger partial charge is 0.381 e. The van der Waals surface area contributed by atoms with Gasteiger partial charge in [-0.1, -0.05) is 6.07 Å². The number of nitrogens with zero attached hydrogens (tertiary/aromatic N) is 2. The van der Waals surface area contributed by atoms with Gasteiger partial charge in [0.25, 0.3) is 0 Å². The molecule has 0 bridgehead atoms. The van der Waals surface area contributed by atoms with Crippen molar-refractivity contribution in [3.8, 4) is 0 Å². The summed E-state index contributed by atoms with van der Waals surface area (Å²) in [6.45, 7) is 4.25. The van der Waals surface area contributed by atoms with Crippen molar-refractivity contribution in [2.24, 2.45) is 0 Å². The summed E-state index contributed by atoms with van der Waals surface area (Å²) in [4.78, 5) is 16.3. The molecular formula is C18H28N4O4S. The molecule has 0 spiro atoms. The molecule has 2 aliphatic rings. The van der Waals surface area contributed by atoms with E-state index in [1.807, 2.05) is 19.1 Å². The number of rotatable bonds is 5. The van der Waals surface area contributed by atoms with E-state index in [2.05, 4.69) is 15.6 Å². The average Bonchev–Trinajstić information content (AvgIpc) is 2.68. The van der Waals surface area contributed by atoms with Crippen molar-refractivity contribution in [1.29, 1.82) is 0 Å². The van der Waals surface area contributed by atoms with Gasteiger partial charge < -0.3 is 15.4 Å². The lowest BCUT2D eigenvalue weighted by Gasteiger charge is -2.35. The van der Waals surface area contributed by atoms with Gasteiger partial charge in [-0.05, 0) is 44.2 Å². The van der Waals surface area contributed by atoms with Gasteiger partial charge in [0.1, 0.15) is 0 Å². The minimum Gasteiger partial charge on any atom is -0.381 e. The molecule has 2 fully saturated rings. The predicted molar refractivity (Wildman–Crippen MR) is 102 cm³/mol. The maximum atomic E-state index is 12.7. The smallest absolute Gasteiger partial charge is 0.315 e. The number of carbonyl (C=O) groups excluding carboxylic acids is 1. The molecule has 2 saturated heterocycles. The third-order valence-corrected chi connectivity index (χ3v) is 7.69. The summed E-state index contributed by atoms with van der Waals surface area (Å²) in [7, 11) is -3.27. The van der Waals surface area contributed by atoms with Crippen LogP contribution in [0.4, 0.5) is 4.79 Å². The fraction of sp³-hybridized carbons (Fsp3) is 0.667. The number of carbonyl (C=O) groups is 1. The molecule has 0 atom stereocenters. The van der Waals surface area contributed by atoms with Gasteiger partial charge in [0.05, 0.1) is 5.25 Å². The molecule has 8 nitrogen and oxygen atoms in total. The maximum absolute atomic E-state index is 12.7. The molecule has 0 unspecified atom stereocenters. The molecule has 2 N–H and O–H groups in total. The van der Waals surface area contributed by atoms with Crippen molar-refractivity contribution in [2.75, 3.05) is 26.3 Å². The summed E-state index contributed by atoms with van der Waals surface area (Å²) in [5.41, 5.74) is 1.87. The minimum atomic E-state index is -3.27. The molecule has 0 saturated carbocycles. The van der Waals surface area contributed by atoms with Crippen molar-refractivity contribution >= 4 is 16.1 Å². The van der Waals surface area contributed by atoms with Crippen LogP contribution in [0.1, 0.15) is 36.9 Å². The maximum Gasteiger partial charge on any atom is 0.315 e. The quantitative estimate of drug-likeness (QED) is 0.778. The van der Waals surface area contributed by atoms with E-state index in [1.165, 1.54) is 0 Å². The minimum absolute atomic E-state index is 0.0128. The zero-order valence-corrected chi connectivity index (χ0v) is 16.5. The second kappa shape index (κ2) is 8.99. The lowest BCUT2D eigenvalue weighted by atomic mass is 10.1. The van der Waals surface area contributed by atoms with Crippen LogP contribution >= 0.6 is 0 Å².